The average molecular weight is 262 g/mol. The lowest BCUT2D eigenvalue weighted by molar-refractivity contribution is -0.115. The third-order valence-corrected chi connectivity index (χ3v) is 2.42. The van der Waals surface area contributed by atoms with Crippen molar-refractivity contribution >= 4 is 11.7 Å². The zero-order chi connectivity index (χ0) is 13.8. The zero-order valence-electron chi connectivity index (χ0n) is 9.58. The van der Waals surface area contributed by atoms with Gasteiger partial charge in [0.05, 0.1) is 12.6 Å². The lowest BCUT2D eigenvalue weighted by Crippen LogP contribution is -2.17. The number of amides is 1. The molecule has 2 rings (SSSR count). The van der Waals surface area contributed by atoms with Crippen LogP contribution >= 0.6 is 0 Å². The number of carbonyl (C=O) groups is 1. The summed E-state index contributed by atoms with van der Waals surface area (Å²) in [5.74, 6) is -2.13. The van der Waals surface area contributed by atoms with Crippen LogP contribution in [-0.2, 0) is 11.2 Å². The van der Waals surface area contributed by atoms with E-state index in [1.54, 1.807) is 0 Å². The highest BCUT2D eigenvalue weighted by atomic mass is 19.1. The standard InChI is InChI=1S/C12H8F2N4O/c13-9-2-1-3-10(14)8(9)4-11(19)17-12-7(5-15)6-16-18-12/h1-3,6H,4H2,(H2,16,17,18,19). The number of hydrogen-bond donors (Lipinski definition) is 2. The summed E-state index contributed by atoms with van der Waals surface area (Å²) >= 11 is 0. The van der Waals surface area contributed by atoms with Crippen LogP contribution in [0.4, 0.5) is 14.6 Å². The molecule has 0 fully saturated rings. The van der Waals surface area contributed by atoms with Crippen LogP contribution in [0, 0.1) is 23.0 Å². The second-order valence-electron chi connectivity index (χ2n) is 3.70. The number of H-pyrrole nitrogens is 1. The fraction of sp³-hybridized carbons (Fsp3) is 0.0833. The van der Waals surface area contributed by atoms with Gasteiger partial charge < -0.3 is 5.32 Å². The van der Waals surface area contributed by atoms with E-state index in [1.807, 2.05) is 6.07 Å². The monoisotopic (exact) mass is 262 g/mol. The fourth-order valence-corrected chi connectivity index (χ4v) is 1.51. The third-order valence-electron chi connectivity index (χ3n) is 2.42. The quantitative estimate of drug-likeness (QED) is 0.883. The van der Waals surface area contributed by atoms with Gasteiger partial charge in [-0.15, -0.1) is 0 Å². The summed E-state index contributed by atoms with van der Waals surface area (Å²) < 4.78 is 26.7. The molecule has 0 aliphatic heterocycles. The molecule has 1 aromatic heterocycles. The number of benzene rings is 1. The molecule has 0 unspecified atom stereocenters. The van der Waals surface area contributed by atoms with Gasteiger partial charge in [0.15, 0.2) is 0 Å². The van der Waals surface area contributed by atoms with Gasteiger partial charge in [-0.25, -0.2) is 8.78 Å². The van der Waals surface area contributed by atoms with Gasteiger partial charge in [-0.1, -0.05) is 6.07 Å². The molecule has 0 spiro atoms. The van der Waals surface area contributed by atoms with E-state index in [4.69, 9.17) is 5.26 Å². The van der Waals surface area contributed by atoms with Crippen LogP contribution < -0.4 is 5.32 Å². The third kappa shape index (κ3) is 2.74. The van der Waals surface area contributed by atoms with Crippen LogP contribution in [0.1, 0.15) is 11.1 Å². The van der Waals surface area contributed by atoms with Crippen molar-refractivity contribution in [2.24, 2.45) is 0 Å². The Morgan fingerprint density at radius 1 is 1.42 bits per heavy atom. The summed E-state index contributed by atoms with van der Waals surface area (Å²) in [7, 11) is 0. The van der Waals surface area contributed by atoms with Gasteiger partial charge in [0.25, 0.3) is 0 Å². The van der Waals surface area contributed by atoms with E-state index in [2.05, 4.69) is 15.5 Å². The molecule has 0 saturated carbocycles. The normalized spacial score (nSPS) is 9.95. The molecule has 19 heavy (non-hydrogen) atoms. The SMILES string of the molecule is N#Cc1cn[nH]c1NC(=O)Cc1c(F)cccc1F. The Kier molecular flexibility index (Phi) is 3.52. The first-order valence-corrected chi connectivity index (χ1v) is 5.28. The van der Waals surface area contributed by atoms with E-state index in [0.29, 0.717) is 0 Å². The highest BCUT2D eigenvalue weighted by molar-refractivity contribution is 5.92. The van der Waals surface area contributed by atoms with Crippen LogP contribution in [0.5, 0.6) is 0 Å². The molecule has 0 atom stereocenters. The molecule has 1 amide bonds. The maximum atomic E-state index is 13.3. The summed E-state index contributed by atoms with van der Waals surface area (Å²) in [6, 6.07) is 5.17. The predicted molar refractivity (Wildman–Crippen MR) is 62.0 cm³/mol. The molecular formula is C12H8F2N4O. The van der Waals surface area contributed by atoms with E-state index < -0.39 is 24.0 Å². The van der Waals surface area contributed by atoms with E-state index in [1.165, 1.54) is 12.3 Å². The Morgan fingerprint density at radius 3 is 2.74 bits per heavy atom. The van der Waals surface area contributed by atoms with Crippen molar-refractivity contribution in [2.45, 2.75) is 6.42 Å². The highest BCUT2D eigenvalue weighted by Crippen LogP contribution is 2.14. The zero-order valence-corrected chi connectivity index (χ0v) is 9.58. The number of nitriles is 1. The molecule has 96 valence electrons. The molecule has 0 saturated heterocycles. The number of hydrogen-bond acceptors (Lipinski definition) is 3. The van der Waals surface area contributed by atoms with Crippen molar-refractivity contribution in [3.8, 4) is 6.07 Å². The molecule has 0 bridgehead atoms. The van der Waals surface area contributed by atoms with Crippen molar-refractivity contribution in [3.05, 3.63) is 47.2 Å². The van der Waals surface area contributed by atoms with Crippen molar-refractivity contribution in [1.29, 1.82) is 5.26 Å². The second-order valence-corrected chi connectivity index (χ2v) is 3.70. The van der Waals surface area contributed by atoms with E-state index in [-0.39, 0.29) is 16.9 Å². The number of nitrogens with zero attached hydrogens (tertiary/aromatic N) is 2. The van der Waals surface area contributed by atoms with Gasteiger partial charge in [0.1, 0.15) is 29.1 Å². The number of aromatic nitrogens is 2. The number of rotatable bonds is 3. The summed E-state index contributed by atoms with van der Waals surface area (Å²) in [6.07, 6.45) is 0.766. The smallest absolute Gasteiger partial charge is 0.230 e. The Labute approximate surface area is 106 Å². The number of halogens is 2. The molecule has 0 aliphatic carbocycles. The lowest BCUT2D eigenvalue weighted by Gasteiger charge is -2.05. The van der Waals surface area contributed by atoms with Crippen LogP contribution in [-0.4, -0.2) is 16.1 Å². The van der Waals surface area contributed by atoms with Crippen LogP contribution in [0.2, 0.25) is 0 Å². The van der Waals surface area contributed by atoms with Crippen molar-refractivity contribution < 1.29 is 13.6 Å². The van der Waals surface area contributed by atoms with E-state index in [9.17, 15) is 13.6 Å². The predicted octanol–water partition coefficient (Wildman–Crippen LogP) is 1.74. The van der Waals surface area contributed by atoms with E-state index in [0.717, 1.165) is 12.1 Å². The maximum Gasteiger partial charge on any atom is 0.230 e. The van der Waals surface area contributed by atoms with Gasteiger partial charge in [0, 0.05) is 5.56 Å². The van der Waals surface area contributed by atoms with Crippen LogP contribution in [0.25, 0.3) is 0 Å². The molecule has 2 N–H and O–H groups in total. The molecule has 0 aliphatic rings. The van der Waals surface area contributed by atoms with E-state index >= 15 is 0 Å². The number of nitrogens with one attached hydrogen (secondary N) is 2. The first-order chi connectivity index (χ1) is 9.11. The molecule has 2 aromatic rings. The maximum absolute atomic E-state index is 13.3. The largest absolute Gasteiger partial charge is 0.310 e. The molecule has 1 heterocycles. The highest BCUT2D eigenvalue weighted by Gasteiger charge is 2.14. The molecular weight excluding hydrogens is 254 g/mol. The topological polar surface area (TPSA) is 81.6 Å². The fourth-order valence-electron chi connectivity index (χ4n) is 1.51. The van der Waals surface area contributed by atoms with Crippen LogP contribution in [0.3, 0.4) is 0 Å². The first kappa shape index (κ1) is 12.7. The van der Waals surface area contributed by atoms with Gasteiger partial charge >= 0.3 is 0 Å². The second kappa shape index (κ2) is 5.27. The Morgan fingerprint density at radius 2 is 2.11 bits per heavy atom. The van der Waals surface area contributed by atoms with Gasteiger partial charge in [-0.3, -0.25) is 9.89 Å². The van der Waals surface area contributed by atoms with Crippen molar-refractivity contribution in [2.75, 3.05) is 5.32 Å². The minimum Gasteiger partial charge on any atom is -0.310 e. The summed E-state index contributed by atoms with van der Waals surface area (Å²) in [5.41, 5.74) is -0.180. The van der Waals surface area contributed by atoms with Crippen molar-refractivity contribution in [3.63, 3.8) is 0 Å². The molecule has 5 nitrogen and oxygen atoms in total. The van der Waals surface area contributed by atoms with Crippen LogP contribution in [0.15, 0.2) is 24.4 Å². The summed E-state index contributed by atoms with van der Waals surface area (Å²) in [5, 5.41) is 17.0. The number of anilines is 1. The average Bonchev–Trinajstić information content (AvgIpc) is 2.81. The van der Waals surface area contributed by atoms with Crippen molar-refractivity contribution in [1.82, 2.24) is 10.2 Å². The molecule has 7 heteroatoms. The van der Waals surface area contributed by atoms with Gasteiger partial charge in [-0.05, 0) is 12.1 Å². The molecule has 0 radical (unpaired) electrons. The lowest BCUT2D eigenvalue weighted by atomic mass is 10.1. The summed E-state index contributed by atoms with van der Waals surface area (Å²) in [6.45, 7) is 0. The number of carbonyl (C=O) groups excluding carboxylic acids is 1. The van der Waals surface area contributed by atoms with Gasteiger partial charge in [0.2, 0.25) is 5.91 Å². The summed E-state index contributed by atoms with van der Waals surface area (Å²) in [4.78, 5) is 11.7. The molecule has 1 aromatic carbocycles. The Balaban J connectivity index is 2.13. The first-order valence-electron chi connectivity index (χ1n) is 5.28. The Hall–Kier alpha value is -2.75. The Bertz CT molecular complexity index is 640. The van der Waals surface area contributed by atoms with Gasteiger partial charge in [-0.2, -0.15) is 10.4 Å². The minimum absolute atomic E-state index is 0.101. The minimum atomic E-state index is -0.791. The number of aromatic amines is 1.